The molecule has 4 N–H and O–H groups in total. The number of halogens is 2. The first kappa shape index (κ1) is 23.7. The fourth-order valence-corrected chi connectivity index (χ4v) is 5.11. The molecule has 0 radical (unpaired) electrons. The van der Waals surface area contributed by atoms with Gasteiger partial charge in [-0.25, -0.2) is 14.4 Å². The van der Waals surface area contributed by atoms with E-state index in [-0.39, 0.29) is 29.1 Å². The molecule has 35 heavy (non-hydrogen) atoms. The van der Waals surface area contributed by atoms with Gasteiger partial charge >= 0.3 is 0 Å². The Kier molecular flexibility index (Phi) is 6.50. The van der Waals surface area contributed by atoms with Gasteiger partial charge in [0.1, 0.15) is 11.3 Å². The molecule has 2 aromatic heterocycles. The van der Waals surface area contributed by atoms with E-state index in [2.05, 4.69) is 22.5 Å². The molecule has 1 aliphatic heterocycles. The Morgan fingerprint density at radius 2 is 1.97 bits per heavy atom. The predicted octanol–water partition coefficient (Wildman–Crippen LogP) is 4.56. The number of nitrogens with zero attached hydrogens (tertiary/aromatic N) is 4. The maximum absolute atomic E-state index is 14.5. The van der Waals surface area contributed by atoms with Crippen LogP contribution in [0.5, 0.6) is 0 Å². The summed E-state index contributed by atoms with van der Waals surface area (Å²) < 4.78 is 22.0. The van der Waals surface area contributed by atoms with E-state index in [0.29, 0.717) is 54.1 Å². The van der Waals surface area contributed by atoms with Crippen molar-refractivity contribution in [3.8, 4) is 0 Å². The third-order valence-electron chi connectivity index (χ3n) is 7.08. The molecule has 1 aromatic carbocycles. The van der Waals surface area contributed by atoms with Gasteiger partial charge in [0.05, 0.1) is 11.9 Å². The monoisotopic (exact) mass is 501 g/mol. The molecule has 186 valence electrons. The van der Waals surface area contributed by atoms with Crippen LogP contribution < -0.4 is 16.4 Å². The Hall–Kier alpha value is -2.98. The Balaban J connectivity index is 1.52. The molecule has 0 bridgehead atoms. The zero-order valence-electron chi connectivity index (χ0n) is 19.6. The maximum atomic E-state index is 14.5. The minimum atomic E-state index is -0.439. The van der Waals surface area contributed by atoms with E-state index in [4.69, 9.17) is 32.0 Å². The van der Waals surface area contributed by atoms with Gasteiger partial charge in [-0.15, -0.1) is 0 Å². The summed E-state index contributed by atoms with van der Waals surface area (Å²) in [5.74, 6) is 0.119. The van der Waals surface area contributed by atoms with E-state index in [1.165, 1.54) is 18.2 Å². The van der Waals surface area contributed by atoms with Crippen molar-refractivity contribution in [3.63, 3.8) is 0 Å². The number of benzene rings is 1. The fourth-order valence-electron chi connectivity index (χ4n) is 4.93. The van der Waals surface area contributed by atoms with Crippen molar-refractivity contribution in [1.29, 1.82) is 0 Å². The van der Waals surface area contributed by atoms with Crippen molar-refractivity contribution < 1.29 is 13.9 Å². The number of ether oxygens (including phenoxy) is 1. The van der Waals surface area contributed by atoms with Crippen LogP contribution >= 0.6 is 11.6 Å². The van der Waals surface area contributed by atoms with Gasteiger partial charge in [0.15, 0.2) is 5.65 Å². The molecule has 0 spiro atoms. The molecule has 1 saturated heterocycles. The second kappa shape index (κ2) is 9.58. The first-order chi connectivity index (χ1) is 16.8. The molecule has 0 unspecified atom stereocenters. The molecule has 1 aliphatic carbocycles. The number of imidazole rings is 1. The normalized spacial score (nSPS) is 22.1. The molecular formula is C24H29ClFN7O2. The van der Waals surface area contributed by atoms with Crippen molar-refractivity contribution in [2.75, 3.05) is 23.8 Å². The minimum absolute atomic E-state index is 0.0155. The van der Waals surface area contributed by atoms with E-state index >= 15 is 0 Å². The summed E-state index contributed by atoms with van der Waals surface area (Å²) in [4.78, 5) is 25.7. The number of hydrogen-bond donors (Lipinski definition) is 3. The van der Waals surface area contributed by atoms with Crippen LogP contribution in [0.3, 0.4) is 0 Å². The number of carbonyl (C=O) groups excluding carboxylic acids is 1. The summed E-state index contributed by atoms with van der Waals surface area (Å²) in [5, 5.41) is 6.99. The lowest BCUT2D eigenvalue weighted by Gasteiger charge is -2.34. The third-order valence-corrected chi connectivity index (χ3v) is 7.32. The van der Waals surface area contributed by atoms with E-state index < -0.39 is 5.82 Å². The summed E-state index contributed by atoms with van der Waals surface area (Å²) in [6.07, 6.45) is 6.20. The lowest BCUT2D eigenvalue weighted by atomic mass is 9.85. The highest BCUT2D eigenvalue weighted by Gasteiger charge is 2.31. The molecule has 3 aromatic rings. The van der Waals surface area contributed by atoms with Crippen molar-refractivity contribution in [3.05, 3.63) is 35.2 Å². The Bertz CT molecular complexity index is 1240. The maximum Gasteiger partial charge on any atom is 0.225 e. The van der Waals surface area contributed by atoms with Crippen LogP contribution in [0.1, 0.15) is 51.5 Å². The van der Waals surface area contributed by atoms with Gasteiger partial charge in [0, 0.05) is 35.7 Å². The van der Waals surface area contributed by atoms with E-state index in [9.17, 15) is 9.18 Å². The molecule has 1 amide bonds. The number of amides is 1. The standard InChI is InChI=1S/C24H29ClFN7O2/c1-24(8-10-35-11-9-24)32-22-28-13-19-21(31-22)33(16-5-2-14(3-6-16)20(27)34)23(30-19)29-18-12-15(25)4-7-17(18)26/h4,7,12-14,16H,2-3,5-6,8-11H2,1H3,(H2,27,34)(H,29,30)(H,28,31,32). The second-order valence-corrected chi connectivity index (χ2v) is 10.1. The number of anilines is 3. The van der Waals surface area contributed by atoms with Gasteiger partial charge in [0.2, 0.25) is 17.8 Å². The second-order valence-electron chi connectivity index (χ2n) is 9.66. The van der Waals surface area contributed by atoms with Gasteiger partial charge in [-0.2, -0.15) is 4.98 Å². The summed E-state index contributed by atoms with van der Waals surface area (Å²) in [7, 11) is 0. The summed E-state index contributed by atoms with van der Waals surface area (Å²) in [5.41, 5.74) is 6.84. The predicted molar refractivity (Wildman–Crippen MR) is 132 cm³/mol. The lowest BCUT2D eigenvalue weighted by molar-refractivity contribution is -0.122. The van der Waals surface area contributed by atoms with Crippen LogP contribution in [-0.2, 0) is 9.53 Å². The molecule has 9 nitrogen and oxygen atoms in total. The number of nitrogens with one attached hydrogen (secondary N) is 2. The van der Waals surface area contributed by atoms with Crippen molar-refractivity contribution in [1.82, 2.24) is 19.5 Å². The number of rotatable bonds is 6. The number of fused-ring (bicyclic) bond motifs is 1. The number of hydrogen-bond acceptors (Lipinski definition) is 7. The van der Waals surface area contributed by atoms with Crippen LogP contribution in [0.4, 0.5) is 22.0 Å². The molecule has 2 aliphatic rings. The van der Waals surface area contributed by atoms with Crippen molar-refractivity contribution in [2.45, 2.75) is 57.0 Å². The highest BCUT2D eigenvalue weighted by molar-refractivity contribution is 6.30. The molecule has 0 atom stereocenters. The average Bonchev–Trinajstić information content (AvgIpc) is 3.18. The molecule has 1 saturated carbocycles. The Morgan fingerprint density at radius 3 is 2.69 bits per heavy atom. The van der Waals surface area contributed by atoms with Crippen molar-refractivity contribution in [2.24, 2.45) is 11.7 Å². The SMILES string of the molecule is CC1(Nc2ncc3nc(Nc4cc(Cl)ccc4F)n(C4CCC(C(N)=O)CC4)c3n2)CCOCC1. The summed E-state index contributed by atoms with van der Waals surface area (Å²) in [6, 6.07) is 4.35. The van der Waals surface area contributed by atoms with Crippen LogP contribution in [0, 0.1) is 11.7 Å². The Labute approximate surface area is 207 Å². The van der Waals surface area contributed by atoms with Crippen LogP contribution in [0.15, 0.2) is 24.4 Å². The van der Waals surface area contributed by atoms with Crippen molar-refractivity contribution >= 4 is 46.3 Å². The van der Waals surface area contributed by atoms with Gasteiger partial charge in [-0.1, -0.05) is 11.6 Å². The molecule has 3 heterocycles. The third kappa shape index (κ3) is 5.04. The first-order valence-corrected chi connectivity index (χ1v) is 12.3. The van der Waals surface area contributed by atoms with E-state index in [1.807, 2.05) is 4.57 Å². The largest absolute Gasteiger partial charge is 0.381 e. The summed E-state index contributed by atoms with van der Waals surface area (Å²) >= 11 is 6.11. The number of carbonyl (C=O) groups is 1. The number of nitrogens with two attached hydrogens (primary N) is 1. The van der Waals surface area contributed by atoms with Crippen LogP contribution in [0.2, 0.25) is 5.02 Å². The van der Waals surface area contributed by atoms with E-state index in [1.54, 1.807) is 6.20 Å². The number of primary amides is 1. The van der Waals surface area contributed by atoms with E-state index in [0.717, 1.165) is 25.7 Å². The quantitative estimate of drug-likeness (QED) is 0.452. The topological polar surface area (TPSA) is 120 Å². The minimum Gasteiger partial charge on any atom is -0.381 e. The van der Waals surface area contributed by atoms with Gasteiger partial charge in [0.25, 0.3) is 0 Å². The smallest absolute Gasteiger partial charge is 0.225 e. The van der Waals surface area contributed by atoms with Gasteiger partial charge in [-0.05, 0) is 63.6 Å². The molecule has 5 rings (SSSR count). The Morgan fingerprint density at radius 1 is 1.23 bits per heavy atom. The molecule has 2 fully saturated rings. The zero-order chi connectivity index (χ0) is 24.6. The highest BCUT2D eigenvalue weighted by atomic mass is 35.5. The highest BCUT2D eigenvalue weighted by Crippen LogP contribution is 2.37. The van der Waals surface area contributed by atoms with Gasteiger partial charge in [-0.3, -0.25) is 9.36 Å². The molecule has 11 heteroatoms. The van der Waals surface area contributed by atoms with Gasteiger partial charge < -0.3 is 21.1 Å². The lowest BCUT2D eigenvalue weighted by Crippen LogP contribution is -2.41. The fraction of sp³-hybridized carbons (Fsp3) is 0.500. The molecular weight excluding hydrogens is 473 g/mol. The van der Waals surface area contributed by atoms with Crippen LogP contribution in [0.25, 0.3) is 11.2 Å². The summed E-state index contributed by atoms with van der Waals surface area (Å²) in [6.45, 7) is 3.51. The number of aromatic nitrogens is 4. The average molecular weight is 502 g/mol. The zero-order valence-corrected chi connectivity index (χ0v) is 20.3. The first-order valence-electron chi connectivity index (χ1n) is 11.9. The van der Waals surface area contributed by atoms with Crippen LogP contribution in [-0.4, -0.2) is 44.2 Å².